The van der Waals surface area contributed by atoms with Crippen LogP contribution in [0.3, 0.4) is 0 Å². The van der Waals surface area contributed by atoms with E-state index in [1.54, 1.807) is 18.3 Å². The molecule has 86 valence electrons. The lowest BCUT2D eigenvalue weighted by Gasteiger charge is -2.10. The van der Waals surface area contributed by atoms with E-state index < -0.39 is 0 Å². The molecule has 1 atom stereocenters. The van der Waals surface area contributed by atoms with E-state index in [0.717, 1.165) is 24.1 Å². The van der Waals surface area contributed by atoms with Gasteiger partial charge in [0.25, 0.3) is 5.91 Å². The highest BCUT2D eigenvalue weighted by molar-refractivity contribution is 9.10. The van der Waals surface area contributed by atoms with Crippen LogP contribution in [0, 0.1) is 0 Å². The molecule has 0 saturated carbocycles. The molecule has 0 radical (unpaired) electrons. The number of amides is 1. The predicted molar refractivity (Wildman–Crippen MR) is 63.2 cm³/mol. The molecule has 4 nitrogen and oxygen atoms in total. The van der Waals surface area contributed by atoms with Crippen LogP contribution in [0.4, 0.5) is 0 Å². The summed E-state index contributed by atoms with van der Waals surface area (Å²) in [6.45, 7) is 1.38. The van der Waals surface area contributed by atoms with E-state index in [4.69, 9.17) is 4.74 Å². The molecule has 0 bridgehead atoms. The summed E-state index contributed by atoms with van der Waals surface area (Å²) in [5.41, 5.74) is 0.571. The average molecular weight is 285 g/mol. The maximum absolute atomic E-state index is 11.7. The largest absolute Gasteiger partial charge is 0.376 e. The number of nitrogens with zero attached hydrogens (tertiary/aromatic N) is 1. The summed E-state index contributed by atoms with van der Waals surface area (Å²) in [4.78, 5) is 15.7. The van der Waals surface area contributed by atoms with Crippen molar-refractivity contribution in [2.75, 3.05) is 13.2 Å². The van der Waals surface area contributed by atoms with Crippen molar-refractivity contribution in [3.05, 3.63) is 28.5 Å². The Morgan fingerprint density at radius 2 is 2.50 bits per heavy atom. The molecule has 1 aliphatic heterocycles. The van der Waals surface area contributed by atoms with Gasteiger partial charge in [0.15, 0.2) is 0 Å². The number of carbonyl (C=O) groups is 1. The molecule has 2 rings (SSSR count). The fourth-order valence-electron chi connectivity index (χ4n) is 1.62. The average Bonchev–Trinajstić information content (AvgIpc) is 2.80. The van der Waals surface area contributed by atoms with Gasteiger partial charge in [0.1, 0.15) is 4.60 Å². The molecule has 1 N–H and O–H groups in total. The molecule has 2 heterocycles. The van der Waals surface area contributed by atoms with E-state index >= 15 is 0 Å². The number of rotatable bonds is 3. The van der Waals surface area contributed by atoms with Gasteiger partial charge in [-0.2, -0.15) is 0 Å². The maximum atomic E-state index is 11.7. The van der Waals surface area contributed by atoms with Crippen LogP contribution in [0.25, 0.3) is 0 Å². The Labute approximate surface area is 103 Å². The van der Waals surface area contributed by atoms with Gasteiger partial charge in [-0.1, -0.05) is 0 Å². The van der Waals surface area contributed by atoms with Gasteiger partial charge >= 0.3 is 0 Å². The lowest BCUT2D eigenvalue weighted by Crippen LogP contribution is -2.31. The van der Waals surface area contributed by atoms with Crippen molar-refractivity contribution in [3.63, 3.8) is 0 Å². The molecular formula is C11H13BrN2O2. The van der Waals surface area contributed by atoms with Crippen molar-refractivity contribution in [3.8, 4) is 0 Å². The summed E-state index contributed by atoms with van der Waals surface area (Å²) in [5, 5.41) is 2.84. The summed E-state index contributed by atoms with van der Waals surface area (Å²) in [6.07, 6.45) is 3.83. The highest BCUT2D eigenvalue weighted by Gasteiger charge is 2.16. The van der Waals surface area contributed by atoms with Crippen molar-refractivity contribution in [1.82, 2.24) is 10.3 Å². The van der Waals surface area contributed by atoms with Crippen LogP contribution >= 0.6 is 15.9 Å². The zero-order valence-corrected chi connectivity index (χ0v) is 10.4. The maximum Gasteiger partial charge on any atom is 0.252 e. The van der Waals surface area contributed by atoms with E-state index in [1.807, 2.05) is 0 Å². The molecule has 0 aliphatic carbocycles. The summed E-state index contributed by atoms with van der Waals surface area (Å²) in [5.74, 6) is -0.101. The Balaban J connectivity index is 1.85. The molecule has 1 amide bonds. The number of hydrogen-bond acceptors (Lipinski definition) is 3. The fourth-order valence-corrected chi connectivity index (χ4v) is 1.86. The van der Waals surface area contributed by atoms with Gasteiger partial charge in [-0.25, -0.2) is 4.98 Å². The van der Waals surface area contributed by atoms with Crippen LogP contribution in [0.1, 0.15) is 23.2 Å². The Morgan fingerprint density at radius 1 is 1.62 bits per heavy atom. The standard InChI is InChI=1S/C11H13BrN2O2/c12-10-4-3-8(6-13-10)11(15)14-7-9-2-1-5-16-9/h3-4,6,9H,1-2,5,7H2,(H,14,15). The summed E-state index contributed by atoms with van der Waals surface area (Å²) in [6, 6.07) is 3.49. The second kappa shape index (κ2) is 5.41. The first kappa shape index (κ1) is 11.5. The third kappa shape index (κ3) is 3.02. The molecule has 0 spiro atoms. The van der Waals surface area contributed by atoms with Gasteiger partial charge in [-0.15, -0.1) is 0 Å². The third-order valence-electron chi connectivity index (χ3n) is 2.50. The van der Waals surface area contributed by atoms with Crippen LogP contribution in [-0.2, 0) is 4.74 Å². The first-order valence-electron chi connectivity index (χ1n) is 5.27. The smallest absolute Gasteiger partial charge is 0.252 e. The number of carbonyl (C=O) groups excluding carboxylic acids is 1. The second-order valence-electron chi connectivity index (χ2n) is 3.71. The van der Waals surface area contributed by atoms with Gasteiger partial charge in [-0.05, 0) is 40.9 Å². The van der Waals surface area contributed by atoms with E-state index in [1.165, 1.54) is 0 Å². The van der Waals surface area contributed by atoms with Crippen molar-refractivity contribution < 1.29 is 9.53 Å². The monoisotopic (exact) mass is 284 g/mol. The lowest BCUT2D eigenvalue weighted by atomic mass is 10.2. The first-order valence-corrected chi connectivity index (χ1v) is 6.06. The zero-order chi connectivity index (χ0) is 11.4. The minimum absolute atomic E-state index is 0.101. The minimum Gasteiger partial charge on any atom is -0.376 e. The molecule has 16 heavy (non-hydrogen) atoms. The predicted octanol–water partition coefficient (Wildman–Crippen LogP) is 1.75. The molecule has 1 aromatic rings. The van der Waals surface area contributed by atoms with E-state index in [-0.39, 0.29) is 12.0 Å². The fraction of sp³-hybridized carbons (Fsp3) is 0.455. The molecule has 1 aliphatic rings. The molecule has 1 aromatic heterocycles. The number of pyridine rings is 1. The van der Waals surface area contributed by atoms with Gasteiger partial charge in [0.05, 0.1) is 11.7 Å². The van der Waals surface area contributed by atoms with Crippen molar-refractivity contribution in [2.24, 2.45) is 0 Å². The van der Waals surface area contributed by atoms with Crippen molar-refractivity contribution in [1.29, 1.82) is 0 Å². The number of aromatic nitrogens is 1. The number of halogens is 1. The molecular weight excluding hydrogens is 272 g/mol. The number of hydrogen-bond donors (Lipinski definition) is 1. The highest BCUT2D eigenvalue weighted by Crippen LogP contribution is 2.11. The van der Waals surface area contributed by atoms with Gasteiger partial charge in [0.2, 0.25) is 0 Å². The SMILES string of the molecule is O=C(NCC1CCCO1)c1ccc(Br)nc1. The van der Waals surface area contributed by atoms with Gasteiger partial charge in [0, 0.05) is 19.3 Å². The topological polar surface area (TPSA) is 51.2 Å². The Bertz CT molecular complexity index is 361. The summed E-state index contributed by atoms with van der Waals surface area (Å²) in [7, 11) is 0. The Morgan fingerprint density at radius 3 is 3.12 bits per heavy atom. The van der Waals surface area contributed by atoms with E-state index in [2.05, 4.69) is 26.2 Å². The van der Waals surface area contributed by atoms with Crippen LogP contribution < -0.4 is 5.32 Å². The molecule has 1 fully saturated rings. The third-order valence-corrected chi connectivity index (χ3v) is 2.97. The Kier molecular flexibility index (Phi) is 3.90. The molecule has 5 heteroatoms. The van der Waals surface area contributed by atoms with Crippen molar-refractivity contribution >= 4 is 21.8 Å². The molecule has 1 unspecified atom stereocenters. The number of ether oxygens (including phenoxy) is 1. The zero-order valence-electron chi connectivity index (χ0n) is 8.78. The lowest BCUT2D eigenvalue weighted by molar-refractivity contribution is 0.0857. The van der Waals surface area contributed by atoms with Crippen LogP contribution in [0.5, 0.6) is 0 Å². The van der Waals surface area contributed by atoms with Crippen LogP contribution in [0.15, 0.2) is 22.9 Å². The summed E-state index contributed by atoms with van der Waals surface area (Å²) >= 11 is 3.22. The number of nitrogens with one attached hydrogen (secondary N) is 1. The van der Waals surface area contributed by atoms with Gasteiger partial charge in [-0.3, -0.25) is 4.79 Å². The van der Waals surface area contributed by atoms with E-state index in [9.17, 15) is 4.79 Å². The second-order valence-corrected chi connectivity index (χ2v) is 4.53. The highest BCUT2D eigenvalue weighted by atomic mass is 79.9. The molecule has 0 aromatic carbocycles. The van der Waals surface area contributed by atoms with Crippen LogP contribution in [0.2, 0.25) is 0 Å². The summed E-state index contributed by atoms with van der Waals surface area (Å²) < 4.78 is 6.15. The van der Waals surface area contributed by atoms with E-state index in [0.29, 0.717) is 12.1 Å². The van der Waals surface area contributed by atoms with Crippen molar-refractivity contribution in [2.45, 2.75) is 18.9 Å². The van der Waals surface area contributed by atoms with Crippen LogP contribution in [-0.4, -0.2) is 30.1 Å². The normalized spacial score (nSPS) is 19.7. The minimum atomic E-state index is -0.101. The Hall–Kier alpha value is -0.940. The quantitative estimate of drug-likeness (QED) is 0.861. The molecule has 1 saturated heterocycles. The van der Waals surface area contributed by atoms with Gasteiger partial charge < -0.3 is 10.1 Å². The first-order chi connectivity index (χ1) is 7.75.